The lowest BCUT2D eigenvalue weighted by atomic mass is 9.78. The summed E-state index contributed by atoms with van der Waals surface area (Å²) in [5.41, 5.74) is 4.30. The van der Waals surface area contributed by atoms with Gasteiger partial charge in [0.15, 0.2) is 4.96 Å². The van der Waals surface area contributed by atoms with Crippen molar-refractivity contribution < 1.29 is 0 Å². The lowest BCUT2D eigenvalue weighted by Gasteiger charge is -2.28. The molecule has 82 valence electrons. The molecule has 2 aliphatic rings. The van der Waals surface area contributed by atoms with Crippen LogP contribution in [0.2, 0.25) is 0 Å². The van der Waals surface area contributed by atoms with E-state index in [1.807, 2.05) is 0 Å². The van der Waals surface area contributed by atoms with Crippen LogP contribution in [0.25, 0.3) is 10.5 Å². The van der Waals surface area contributed by atoms with E-state index >= 15 is 0 Å². The van der Waals surface area contributed by atoms with Gasteiger partial charge in [0, 0.05) is 11.6 Å². The van der Waals surface area contributed by atoms with Gasteiger partial charge in [0.25, 0.3) is 0 Å². The highest BCUT2D eigenvalue weighted by Crippen LogP contribution is 2.41. The monoisotopic (exact) mass is 230 g/mol. The summed E-state index contributed by atoms with van der Waals surface area (Å²) in [5, 5.41) is 2.13. The van der Waals surface area contributed by atoms with E-state index in [1.165, 1.54) is 43.5 Å². The van der Waals surface area contributed by atoms with Crippen LogP contribution in [0, 0.1) is 5.92 Å². The summed E-state index contributed by atoms with van der Waals surface area (Å²) in [7, 11) is 0. The highest BCUT2D eigenvalue weighted by Gasteiger charge is 2.29. The van der Waals surface area contributed by atoms with Crippen molar-refractivity contribution in [2.24, 2.45) is 5.92 Å². The smallest absolute Gasteiger partial charge is 0.194 e. The molecule has 16 heavy (non-hydrogen) atoms. The highest BCUT2D eigenvalue weighted by atomic mass is 32.1. The van der Waals surface area contributed by atoms with E-state index in [2.05, 4.69) is 22.1 Å². The second-order valence-electron chi connectivity index (χ2n) is 4.79. The first kappa shape index (κ1) is 8.99. The summed E-state index contributed by atoms with van der Waals surface area (Å²) in [6, 6.07) is 0. The summed E-state index contributed by atoms with van der Waals surface area (Å²) >= 11 is 1.74. The number of aryl methyl sites for hydroxylation is 1. The average Bonchev–Trinajstić information content (AvgIpc) is 2.88. The van der Waals surface area contributed by atoms with Crippen molar-refractivity contribution in [1.82, 2.24) is 9.38 Å². The Morgan fingerprint density at radius 2 is 2.38 bits per heavy atom. The predicted octanol–water partition coefficient (Wildman–Crippen LogP) is 3.53. The Balaban J connectivity index is 1.97. The molecular weight excluding hydrogens is 216 g/mol. The van der Waals surface area contributed by atoms with Gasteiger partial charge in [0.05, 0.1) is 11.4 Å². The zero-order valence-electron chi connectivity index (χ0n) is 9.15. The molecule has 0 fully saturated rings. The van der Waals surface area contributed by atoms with Crippen molar-refractivity contribution in [2.75, 3.05) is 0 Å². The zero-order valence-corrected chi connectivity index (χ0v) is 9.96. The van der Waals surface area contributed by atoms with Gasteiger partial charge in [-0.25, -0.2) is 4.98 Å². The quantitative estimate of drug-likeness (QED) is 0.677. The summed E-state index contributed by atoms with van der Waals surface area (Å²) < 4.78 is 2.28. The van der Waals surface area contributed by atoms with Crippen LogP contribution in [0.15, 0.2) is 17.7 Å². The molecule has 0 N–H and O–H groups in total. The Morgan fingerprint density at radius 1 is 1.38 bits per heavy atom. The van der Waals surface area contributed by atoms with E-state index in [-0.39, 0.29) is 0 Å². The first-order chi connectivity index (χ1) is 7.93. The normalized spacial score (nSPS) is 24.0. The average molecular weight is 230 g/mol. The molecule has 0 saturated heterocycles. The standard InChI is InChI=1S/C13H14N2S/c1-2-4-10-9(3-1)5-6-11-12(10)14-13-15(11)7-8-16-13/h4,7-9H,1-3,5-6H2. The molecule has 0 amide bonds. The van der Waals surface area contributed by atoms with Gasteiger partial charge in [-0.15, -0.1) is 11.3 Å². The number of allylic oxidation sites excluding steroid dienone is 2. The first-order valence-electron chi connectivity index (χ1n) is 6.08. The zero-order chi connectivity index (χ0) is 10.5. The third-order valence-electron chi connectivity index (χ3n) is 3.92. The van der Waals surface area contributed by atoms with Crippen molar-refractivity contribution >= 4 is 21.9 Å². The Labute approximate surface area is 98.6 Å². The molecular formula is C13H14N2S. The van der Waals surface area contributed by atoms with Crippen LogP contribution in [0.5, 0.6) is 0 Å². The van der Waals surface area contributed by atoms with Gasteiger partial charge in [-0.2, -0.15) is 0 Å². The molecule has 1 atom stereocenters. The molecule has 3 heteroatoms. The maximum atomic E-state index is 4.81. The maximum absolute atomic E-state index is 4.81. The third-order valence-corrected chi connectivity index (χ3v) is 4.68. The Bertz CT molecular complexity index is 576. The van der Waals surface area contributed by atoms with E-state index in [9.17, 15) is 0 Å². The minimum absolute atomic E-state index is 0.797. The number of rotatable bonds is 0. The van der Waals surface area contributed by atoms with Crippen molar-refractivity contribution in [3.63, 3.8) is 0 Å². The topological polar surface area (TPSA) is 17.3 Å². The summed E-state index contributed by atoms with van der Waals surface area (Å²) in [4.78, 5) is 5.97. The number of hydrogen-bond donors (Lipinski definition) is 0. The fourth-order valence-corrected chi connectivity index (χ4v) is 3.88. The van der Waals surface area contributed by atoms with Gasteiger partial charge < -0.3 is 0 Å². The summed E-state index contributed by atoms with van der Waals surface area (Å²) in [6.45, 7) is 0. The lowest BCUT2D eigenvalue weighted by molar-refractivity contribution is 0.503. The first-order valence-corrected chi connectivity index (χ1v) is 6.96. The van der Waals surface area contributed by atoms with Crippen molar-refractivity contribution in [3.05, 3.63) is 29.0 Å². The number of imidazole rings is 1. The molecule has 2 aromatic rings. The Morgan fingerprint density at radius 3 is 3.38 bits per heavy atom. The second kappa shape index (κ2) is 3.20. The van der Waals surface area contributed by atoms with Crippen LogP contribution < -0.4 is 0 Å². The maximum Gasteiger partial charge on any atom is 0.194 e. The number of aromatic nitrogens is 2. The van der Waals surface area contributed by atoms with Crippen molar-refractivity contribution in [1.29, 1.82) is 0 Å². The minimum atomic E-state index is 0.797. The Kier molecular flexibility index (Phi) is 1.80. The Hall–Kier alpha value is -1.09. The fraction of sp³-hybridized carbons (Fsp3) is 0.462. The van der Waals surface area contributed by atoms with Gasteiger partial charge in [0.1, 0.15) is 0 Å². The SMILES string of the molecule is C1=C2c3nc4sccn4c3CCC2CCC1. The van der Waals surface area contributed by atoms with Crippen molar-refractivity contribution in [3.8, 4) is 0 Å². The molecule has 2 aromatic heterocycles. The van der Waals surface area contributed by atoms with Gasteiger partial charge in [-0.1, -0.05) is 6.08 Å². The van der Waals surface area contributed by atoms with E-state index in [4.69, 9.17) is 4.98 Å². The lowest BCUT2D eigenvalue weighted by Crippen LogP contribution is -2.16. The van der Waals surface area contributed by atoms with Gasteiger partial charge in [0.2, 0.25) is 0 Å². The molecule has 4 rings (SSSR count). The van der Waals surface area contributed by atoms with Gasteiger partial charge >= 0.3 is 0 Å². The van der Waals surface area contributed by atoms with E-state index in [0.29, 0.717) is 0 Å². The van der Waals surface area contributed by atoms with Gasteiger partial charge in [-0.05, 0) is 43.6 Å². The van der Waals surface area contributed by atoms with Crippen LogP contribution in [-0.2, 0) is 6.42 Å². The van der Waals surface area contributed by atoms with Crippen LogP contribution in [-0.4, -0.2) is 9.38 Å². The molecule has 2 nitrogen and oxygen atoms in total. The van der Waals surface area contributed by atoms with Crippen LogP contribution >= 0.6 is 11.3 Å². The molecule has 0 aromatic carbocycles. The minimum Gasteiger partial charge on any atom is -0.294 e. The van der Waals surface area contributed by atoms with Crippen LogP contribution in [0.1, 0.15) is 37.1 Å². The second-order valence-corrected chi connectivity index (χ2v) is 5.66. The molecule has 0 radical (unpaired) electrons. The fourth-order valence-electron chi connectivity index (χ4n) is 3.15. The van der Waals surface area contributed by atoms with E-state index < -0.39 is 0 Å². The van der Waals surface area contributed by atoms with Crippen LogP contribution in [0.4, 0.5) is 0 Å². The molecule has 0 saturated carbocycles. The molecule has 0 bridgehead atoms. The number of thiazole rings is 1. The van der Waals surface area contributed by atoms with E-state index in [1.54, 1.807) is 16.9 Å². The molecule has 2 aliphatic carbocycles. The predicted molar refractivity (Wildman–Crippen MR) is 66.7 cm³/mol. The van der Waals surface area contributed by atoms with Crippen LogP contribution in [0.3, 0.4) is 0 Å². The third kappa shape index (κ3) is 1.09. The van der Waals surface area contributed by atoms with Crippen molar-refractivity contribution in [2.45, 2.75) is 32.1 Å². The largest absolute Gasteiger partial charge is 0.294 e. The number of hydrogen-bond acceptors (Lipinski definition) is 2. The number of nitrogens with zero attached hydrogens (tertiary/aromatic N) is 2. The summed E-state index contributed by atoms with van der Waals surface area (Å²) in [6.07, 6.45) is 11.1. The molecule has 2 heterocycles. The van der Waals surface area contributed by atoms with Gasteiger partial charge in [-0.3, -0.25) is 4.40 Å². The summed E-state index contributed by atoms with van der Waals surface area (Å²) in [5.74, 6) is 0.797. The molecule has 0 aliphatic heterocycles. The number of fused-ring (bicyclic) bond motifs is 5. The van der Waals surface area contributed by atoms with E-state index in [0.717, 1.165) is 10.9 Å². The highest BCUT2D eigenvalue weighted by molar-refractivity contribution is 7.15. The molecule has 1 unspecified atom stereocenters. The molecule has 0 spiro atoms.